The lowest BCUT2D eigenvalue weighted by molar-refractivity contribution is 0.235. The first-order valence-electron chi connectivity index (χ1n) is 4.46. The van der Waals surface area contributed by atoms with Crippen molar-refractivity contribution < 1.29 is 0 Å². The molecule has 1 unspecified atom stereocenters. The van der Waals surface area contributed by atoms with Gasteiger partial charge < -0.3 is 0 Å². The van der Waals surface area contributed by atoms with Crippen molar-refractivity contribution in [2.75, 3.05) is 0 Å². The maximum absolute atomic E-state index is 2.36. The first kappa shape index (κ1) is 10.0. The highest BCUT2D eigenvalue weighted by atomic mass is 14.2. The largest absolute Gasteiger partial charge is 0.0625 e. The highest BCUT2D eigenvalue weighted by molar-refractivity contribution is 4.67. The fourth-order valence-corrected chi connectivity index (χ4v) is 1.21. The highest BCUT2D eigenvalue weighted by Gasteiger charge is 2.17. The summed E-state index contributed by atoms with van der Waals surface area (Å²) in [5, 5.41) is 0. The van der Waals surface area contributed by atoms with E-state index in [0.29, 0.717) is 0 Å². The summed E-state index contributed by atoms with van der Waals surface area (Å²) in [6.07, 6.45) is 0. The number of rotatable bonds is 3. The molecule has 0 aromatic rings. The molecule has 0 heteroatoms. The molecule has 0 fully saturated rings. The Morgan fingerprint density at radius 1 is 0.500 bits per heavy atom. The fourth-order valence-electron chi connectivity index (χ4n) is 1.21. The summed E-state index contributed by atoms with van der Waals surface area (Å²) in [5.41, 5.74) is 0. The molecule has 0 heterocycles. The topological polar surface area (TPSA) is 0 Å². The average Bonchev–Trinajstić information content (AvgIpc) is 1.84. The molecule has 0 N–H and O–H groups in total. The van der Waals surface area contributed by atoms with Gasteiger partial charge >= 0.3 is 0 Å². The molecule has 0 aliphatic rings. The van der Waals surface area contributed by atoms with Gasteiger partial charge in [-0.15, -0.1) is 0 Å². The number of hydrogen-bond donors (Lipinski definition) is 0. The highest BCUT2D eigenvalue weighted by Crippen LogP contribution is 2.25. The Labute approximate surface area is 66.0 Å². The summed E-state index contributed by atoms with van der Waals surface area (Å²) >= 11 is 0. The Hall–Kier alpha value is 0. The van der Waals surface area contributed by atoms with E-state index in [-0.39, 0.29) is 0 Å². The molecule has 62 valence electrons. The van der Waals surface area contributed by atoms with E-state index in [1.165, 1.54) is 0 Å². The molecular weight excluding hydrogens is 120 g/mol. The van der Waals surface area contributed by atoms with Crippen molar-refractivity contribution in [1.82, 2.24) is 0 Å². The molecule has 0 saturated carbocycles. The van der Waals surface area contributed by atoms with E-state index in [4.69, 9.17) is 0 Å². The minimum Gasteiger partial charge on any atom is -0.0625 e. The Morgan fingerprint density at radius 3 is 0.800 bits per heavy atom. The standard InChI is InChI=1S/C10H22/c1-7(2)9(5)10(6)8(3)4/h7-10H,1-6H3/t9-,10?/m0/s1. The lowest BCUT2D eigenvalue weighted by atomic mass is 9.80. The van der Waals surface area contributed by atoms with Crippen molar-refractivity contribution in [1.29, 1.82) is 0 Å². The van der Waals surface area contributed by atoms with Gasteiger partial charge in [0, 0.05) is 0 Å². The molecule has 2 atom stereocenters. The van der Waals surface area contributed by atoms with E-state index < -0.39 is 0 Å². The molecule has 0 aromatic heterocycles. The van der Waals surface area contributed by atoms with Crippen LogP contribution in [0.4, 0.5) is 0 Å². The van der Waals surface area contributed by atoms with Gasteiger partial charge in [-0.3, -0.25) is 0 Å². The van der Waals surface area contributed by atoms with Crippen LogP contribution in [0.2, 0.25) is 0 Å². The van der Waals surface area contributed by atoms with Crippen molar-refractivity contribution in [3.63, 3.8) is 0 Å². The summed E-state index contributed by atoms with van der Waals surface area (Å²) in [7, 11) is 0. The Bertz CT molecular complexity index is 70.0. The SMILES string of the molecule is CC(C)C(C)[C@@H](C)C(C)C. The van der Waals surface area contributed by atoms with E-state index in [0.717, 1.165) is 23.7 Å². The third-order valence-corrected chi connectivity index (χ3v) is 2.93. The predicted molar refractivity (Wildman–Crippen MR) is 48.0 cm³/mol. The van der Waals surface area contributed by atoms with Crippen LogP contribution >= 0.6 is 0 Å². The minimum absolute atomic E-state index is 0.831. The van der Waals surface area contributed by atoms with Gasteiger partial charge in [-0.05, 0) is 23.7 Å². The maximum Gasteiger partial charge on any atom is -0.0391 e. The van der Waals surface area contributed by atoms with Crippen LogP contribution in [-0.4, -0.2) is 0 Å². The van der Waals surface area contributed by atoms with Crippen LogP contribution in [0.5, 0.6) is 0 Å². The zero-order valence-electron chi connectivity index (χ0n) is 8.31. The Morgan fingerprint density at radius 2 is 0.700 bits per heavy atom. The fraction of sp³-hybridized carbons (Fsp3) is 1.00. The molecule has 0 amide bonds. The number of hydrogen-bond acceptors (Lipinski definition) is 0. The van der Waals surface area contributed by atoms with Crippen LogP contribution in [0.1, 0.15) is 41.5 Å². The molecule has 0 spiro atoms. The van der Waals surface area contributed by atoms with E-state index in [2.05, 4.69) is 41.5 Å². The Kier molecular flexibility index (Phi) is 4.00. The van der Waals surface area contributed by atoms with Gasteiger partial charge in [0.05, 0.1) is 0 Å². The molecule has 0 aliphatic carbocycles. The zero-order chi connectivity index (χ0) is 8.31. The van der Waals surface area contributed by atoms with Gasteiger partial charge in [0.2, 0.25) is 0 Å². The zero-order valence-corrected chi connectivity index (χ0v) is 8.31. The monoisotopic (exact) mass is 142 g/mol. The predicted octanol–water partition coefficient (Wildman–Crippen LogP) is 3.57. The van der Waals surface area contributed by atoms with Crippen LogP contribution in [0.3, 0.4) is 0 Å². The van der Waals surface area contributed by atoms with E-state index in [1.54, 1.807) is 0 Å². The van der Waals surface area contributed by atoms with Gasteiger partial charge in [-0.25, -0.2) is 0 Å². The van der Waals surface area contributed by atoms with Crippen LogP contribution in [0.25, 0.3) is 0 Å². The minimum atomic E-state index is 0.831. The van der Waals surface area contributed by atoms with Gasteiger partial charge in [0.15, 0.2) is 0 Å². The maximum atomic E-state index is 2.36. The second-order valence-corrected chi connectivity index (χ2v) is 4.21. The van der Waals surface area contributed by atoms with Crippen molar-refractivity contribution >= 4 is 0 Å². The van der Waals surface area contributed by atoms with Crippen molar-refractivity contribution in [2.24, 2.45) is 23.7 Å². The van der Waals surface area contributed by atoms with Crippen molar-refractivity contribution in [3.05, 3.63) is 0 Å². The van der Waals surface area contributed by atoms with E-state index in [1.807, 2.05) is 0 Å². The van der Waals surface area contributed by atoms with Crippen molar-refractivity contribution in [2.45, 2.75) is 41.5 Å². The van der Waals surface area contributed by atoms with Gasteiger partial charge in [-0.1, -0.05) is 41.5 Å². The summed E-state index contributed by atoms with van der Waals surface area (Å²) in [4.78, 5) is 0. The second-order valence-electron chi connectivity index (χ2n) is 4.21. The molecule has 0 aliphatic heterocycles. The lowest BCUT2D eigenvalue weighted by Gasteiger charge is -2.26. The summed E-state index contributed by atoms with van der Waals surface area (Å²) in [5.74, 6) is 3.38. The average molecular weight is 142 g/mol. The molecule has 0 aromatic carbocycles. The van der Waals surface area contributed by atoms with Crippen LogP contribution < -0.4 is 0 Å². The molecule has 0 nitrogen and oxygen atoms in total. The molecule has 0 saturated heterocycles. The third-order valence-electron chi connectivity index (χ3n) is 2.93. The first-order valence-corrected chi connectivity index (χ1v) is 4.46. The summed E-state index contributed by atoms with van der Waals surface area (Å²) in [6.45, 7) is 13.9. The first-order chi connectivity index (χ1) is 4.46. The van der Waals surface area contributed by atoms with Crippen LogP contribution in [0.15, 0.2) is 0 Å². The normalized spacial score (nSPS) is 18.0. The van der Waals surface area contributed by atoms with Gasteiger partial charge in [-0.2, -0.15) is 0 Å². The molecular formula is C10H22. The lowest BCUT2D eigenvalue weighted by Crippen LogP contribution is -2.18. The quantitative estimate of drug-likeness (QED) is 0.565. The van der Waals surface area contributed by atoms with Crippen molar-refractivity contribution in [3.8, 4) is 0 Å². The van der Waals surface area contributed by atoms with E-state index in [9.17, 15) is 0 Å². The Balaban J connectivity index is 3.81. The summed E-state index contributed by atoms with van der Waals surface area (Å²) < 4.78 is 0. The third kappa shape index (κ3) is 2.72. The molecule has 0 bridgehead atoms. The van der Waals surface area contributed by atoms with Gasteiger partial charge in [0.1, 0.15) is 0 Å². The van der Waals surface area contributed by atoms with Gasteiger partial charge in [0.25, 0.3) is 0 Å². The molecule has 10 heavy (non-hydrogen) atoms. The van der Waals surface area contributed by atoms with E-state index >= 15 is 0 Å². The molecule has 0 rings (SSSR count). The van der Waals surface area contributed by atoms with Crippen LogP contribution in [-0.2, 0) is 0 Å². The molecule has 0 radical (unpaired) electrons. The second kappa shape index (κ2) is 4.00. The summed E-state index contributed by atoms with van der Waals surface area (Å²) in [6, 6.07) is 0. The smallest absolute Gasteiger partial charge is 0.0391 e. The van der Waals surface area contributed by atoms with Crippen LogP contribution in [0, 0.1) is 23.7 Å².